The zero-order valence-corrected chi connectivity index (χ0v) is 29.0. The second kappa shape index (κ2) is 16.9. The van der Waals surface area contributed by atoms with Crippen molar-refractivity contribution in [2.45, 2.75) is 75.8 Å². The van der Waals surface area contributed by atoms with Gasteiger partial charge in [-0.2, -0.15) is 0 Å². The van der Waals surface area contributed by atoms with Crippen molar-refractivity contribution in [1.82, 2.24) is 5.32 Å². The lowest BCUT2D eigenvalue weighted by atomic mass is 9.91. The van der Waals surface area contributed by atoms with E-state index in [1.54, 1.807) is 57.2 Å². The number of esters is 2. The van der Waals surface area contributed by atoms with Gasteiger partial charge in [0.25, 0.3) is 0 Å². The van der Waals surface area contributed by atoms with Gasteiger partial charge in [-0.15, -0.1) is 0 Å². The smallest absolute Gasteiger partial charge is 0.338 e. The van der Waals surface area contributed by atoms with Gasteiger partial charge in [0.1, 0.15) is 30.5 Å². The third kappa shape index (κ3) is 9.71. The third-order valence-corrected chi connectivity index (χ3v) is 8.32. The first-order valence-corrected chi connectivity index (χ1v) is 17.0. The Morgan fingerprint density at radius 1 is 0.941 bits per heavy atom. The van der Waals surface area contributed by atoms with Gasteiger partial charge < -0.3 is 39.2 Å². The number of hydrogen-bond acceptors (Lipinski definition) is 10. The van der Waals surface area contributed by atoms with Crippen LogP contribution < -0.4 is 5.32 Å². The number of ether oxygens (including phenoxy) is 5. The molecular weight excluding hydrogens is 654 g/mol. The molecule has 0 saturated carbocycles. The standard InChI is InChI=1S/C40H45NO10/c1-39(2,3)50-35(44)19-18-32(26-43)41-37(45)29-24-33(48-38(46)28-16-14-27(15-17-28)20-22-47-23-21-42)36-34(25-29)49-40(51-36,30-10-6-4-7-11-30)31-12-8-5-9-13-31/h4-17,20,22,25,32-34,36,42-43H,18-19,21,23-24,26H2,1-3H3,(H,41,45). The van der Waals surface area contributed by atoms with Crippen LogP contribution in [0.5, 0.6) is 0 Å². The molecule has 3 aromatic rings. The molecule has 0 spiro atoms. The summed E-state index contributed by atoms with van der Waals surface area (Å²) in [5.41, 5.74) is 2.15. The summed E-state index contributed by atoms with van der Waals surface area (Å²) in [6.07, 6.45) is 2.53. The molecule has 1 fully saturated rings. The maximum atomic E-state index is 13.7. The fourth-order valence-corrected chi connectivity index (χ4v) is 5.95. The first-order valence-electron chi connectivity index (χ1n) is 17.0. The predicted octanol–water partition coefficient (Wildman–Crippen LogP) is 4.81. The van der Waals surface area contributed by atoms with E-state index in [1.165, 1.54) is 6.26 Å². The van der Waals surface area contributed by atoms with Crippen molar-refractivity contribution >= 4 is 23.9 Å². The highest BCUT2D eigenvalue weighted by atomic mass is 16.8. The van der Waals surface area contributed by atoms with Gasteiger partial charge in [0, 0.05) is 29.5 Å². The molecule has 1 amide bonds. The van der Waals surface area contributed by atoms with Gasteiger partial charge in [-0.25, -0.2) is 4.79 Å². The van der Waals surface area contributed by atoms with Crippen molar-refractivity contribution in [3.05, 3.63) is 125 Å². The van der Waals surface area contributed by atoms with Crippen molar-refractivity contribution < 1.29 is 48.3 Å². The number of aliphatic hydroxyl groups excluding tert-OH is 2. The van der Waals surface area contributed by atoms with Crippen LogP contribution in [0.4, 0.5) is 0 Å². The number of aliphatic hydroxyl groups is 2. The van der Waals surface area contributed by atoms with E-state index in [-0.39, 0.29) is 38.0 Å². The van der Waals surface area contributed by atoms with Crippen molar-refractivity contribution in [3.63, 3.8) is 0 Å². The van der Waals surface area contributed by atoms with E-state index in [0.717, 1.165) is 16.7 Å². The molecule has 2 aliphatic rings. The molecule has 3 N–H and O–H groups in total. The molecule has 5 rings (SSSR count). The Labute approximate surface area is 297 Å². The first-order chi connectivity index (χ1) is 24.5. The highest BCUT2D eigenvalue weighted by Crippen LogP contribution is 2.47. The van der Waals surface area contributed by atoms with Crippen LogP contribution in [0.1, 0.15) is 67.1 Å². The topological polar surface area (TPSA) is 150 Å². The van der Waals surface area contributed by atoms with E-state index in [4.69, 9.17) is 28.8 Å². The number of fused-ring (bicyclic) bond motifs is 1. The SMILES string of the molecule is CC(C)(C)OC(=O)CCC(CO)NC(=O)C1=CC2OC(c3ccccc3)(c3ccccc3)OC2C(OC(=O)c2ccc(C=COCCO)cc2)C1. The minimum atomic E-state index is -1.36. The van der Waals surface area contributed by atoms with Gasteiger partial charge >= 0.3 is 11.9 Å². The van der Waals surface area contributed by atoms with Crippen LogP contribution in [0.25, 0.3) is 6.08 Å². The Morgan fingerprint density at radius 2 is 1.59 bits per heavy atom. The van der Waals surface area contributed by atoms with Crippen LogP contribution in [-0.4, -0.2) is 77.8 Å². The summed E-state index contributed by atoms with van der Waals surface area (Å²) < 4.78 is 30.2. The number of rotatable bonds is 14. The Bertz CT molecular complexity index is 1640. The molecule has 1 saturated heterocycles. The lowest BCUT2D eigenvalue weighted by Gasteiger charge is -2.31. The molecule has 51 heavy (non-hydrogen) atoms. The number of carbonyl (C=O) groups excluding carboxylic acids is 3. The Balaban J connectivity index is 1.40. The molecular formula is C40H45NO10. The van der Waals surface area contributed by atoms with Crippen LogP contribution in [-0.2, 0) is 39.1 Å². The van der Waals surface area contributed by atoms with E-state index >= 15 is 0 Å². The van der Waals surface area contributed by atoms with Gasteiger partial charge in [-0.3, -0.25) is 9.59 Å². The minimum absolute atomic E-state index is 0.00461. The van der Waals surface area contributed by atoms with Crippen LogP contribution in [0.15, 0.2) is 103 Å². The van der Waals surface area contributed by atoms with Gasteiger partial charge in [-0.05, 0) is 57.0 Å². The zero-order chi connectivity index (χ0) is 36.4. The molecule has 0 bridgehead atoms. The zero-order valence-electron chi connectivity index (χ0n) is 29.0. The van der Waals surface area contributed by atoms with Crippen LogP contribution >= 0.6 is 0 Å². The Kier molecular flexibility index (Phi) is 12.4. The lowest BCUT2D eigenvalue weighted by Crippen LogP contribution is -2.45. The molecule has 11 nitrogen and oxygen atoms in total. The predicted molar refractivity (Wildman–Crippen MR) is 188 cm³/mol. The average molecular weight is 700 g/mol. The number of nitrogens with one attached hydrogen (secondary N) is 1. The number of hydrogen-bond donors (Lipinski definition) is 3. The molecule has 3 aromatic carbocycles. The minimum Gasteiger partial charge on any atom is -0.499 e. The van der Waals surface area contributed by atoms with Crippen LogP contribution in [0, 0.1) is 0 Å². The summed E-state index contributed by atoms with van der Waals surface area (Å²) in [7, 11) is 0. The highest BCUT2D eigenvalue weighted by molar-refractivity contribution is 5.94. The van der Waals surface area contributed by atoms with Gasteiger partial charge in [0.05, 0.1) is 31.1 Å². The second-order valence-corrected chi connectivity index (χ2v) is 13.4. The number of carbonyl (C=O) groups is 3. The van der Waals surface area contributed by atoms with Crippen LogP contribution in [0.2, 0.25) is 0 Å². The third-order valence-electron chi connectivity index (χ3n) is 8.32. The van der Waals surface area contributed by atoms with Gasteiger partial charge in [0.2, 0.25) is 11.7 Å². The van der Waals surface area contributed by atoms with E-state index in [0.29, 0.717) is 5.56 Å². The summed E-state index contributed by atoms with van der Waals surface area (Å²) >= 11 is 0. The molecule has 11 heteroatoms. The summed E-state index contributed by atoms with van der Waals surface area (Å²) in [6, 6.07) is 24.9. The first kappa shape index (κ1) is 37.4. The Morgan fingerprint density at radius 3 is 2.18 bits per heavy atom. The van der Waals surface area contributed by atoms with E-state index in [2.05, 4.69) is 5.32 Å². The lowest BCUT2D eigenvalue weighted by molar-refractivity contribution is -0.157. The summed E-state index contributed by atoms with van der Waals surface area (Å²) in [4.78, 5) is 39.6. The van der Waals surface area contributed by atoms with E-state index < -0.39 is 60.2 Å². The quantitative estimate of drug-likeness (QED) is 0.122. The van der Waals surface area contributed by atoms with Gasteiger partial charge in [-0.1, -0.05) is 72.8 Å². The van der Waals surface area contributed by atoms with Crippen molar-refractivity contribution in [2.75, 3.05) is 19.8 Å². The maximum absolute atomic E-state index is 13.7. The molecule has 1 aliphatic carbocycles. The largest absolute Gasteiger partial charge is 0.499 e. The fourth-order valence-electron chi connectivity index (χ4n) is 5.95. The molecule has 0 radical (unpaired) electrons. The Hall–Kier alpha value is -4.81. The van der Waals surface area contributed by atoms with Gasteiger partial charge in [0.15, 0.2) is 0 Å². The summed E-state index contributed by atoms with van der Waals surface area (Å²) in [5.74, 6) is -2.90. The highest BCUT2D eigenvalue weighted by Gasteiger charge is 2.55. The fraction of sp³-hybridized carbons (Fsp3) is 0.375. The monoisotopic (exact) mass is 699 g/mol. The number of amides is 1. The number of benzene rings is 3. The average Bonchev–Trinajstić information content (AvgIpc) is 3.53. The molecule has 0 aromatic heterocycles. The second-order valence-electron chi connectivity index (χ2n) is 13.4. The normalized spacial score (nSPS) is 20.2. The molecule has 1 aliphatic heterocycles. The van der Waals surface area contributed by atoms with Crippen molar-refractivity contribution in [1.29, 1.82) is 0 Å². The molecule has 4 atom stereocenters. The molecule has 270 valence electrons. The molecule has 1 heterocycles. The van der Waals surface area contributed by atoms with Crippen molar-refractivity contribution in [3.8, 4) is 0 Å². The van der Waals surface area contributed by atoms with E-state index in [1.807, 2.05) is 60.7 Å². The van der Waals surface area contributed by atoms with E-state index in [9.17, 15) is 19.5 Å². The van der Waals surface area contributed by atoms with Crippen molar-refractivity contribution in [2.24, 2.45) is 0 Å². The summed E-state index contributed by atoms with van der Waals surface area (Å²) in [6.45, 7) is 4.99. The maximum Gasteiger partial charge on any atom is 0.338 e. The molecule has 4 unspecified atom stereocenters. The summed E-state index contributed by atoms with van der Waals surface area (Å²) in [5, 5.41) is 21.8. The van der Waals surface area contributed by atoms with Crippen LogP contribution in [0.3, 0.4) is 0 Å².